The highest BCUT2D eigenvalue weighted by Crippen LogP contribution is 2.17. The summed E-state index contributed by atoms with van der Waals surface area (Å²) in [5, 5.41) is 2.98. The predicted octanol–water partition coefficient (Wildman–Crippen LogP) is 4.41. The fraction of sp³-hybridized carbons (Fsp3) is 0.440. The average molecular weight is 411 g/mol. The smallest absolute Gasteiger partial charge is 0.261 e. The Morgan fingerprint density at radius 3 is 2.37 bits per heavy atom. The van der Waals surface area contributed by atoms with Crippen LogP contribution in [0.4, 0.5) is 0 Å². The Morgan fingerprint density at radius 2 is 1.73 bits per heavy atom. The summed E-state index contributed by atoms with van der Waals surface area (Å²) in [5.74, 6) is 0.338. The first-order valence-electron chi connectivity index (χ1n) is 10.8. The second-order valence-corrected chi connectivity index (χ2v) is 7.62. The van der Waals surface area contributed by atoms with Gasteiger partial charge in [-0.3, -0.25) is 9.59 Å². The van der Waals surface area contributed by atoms with E-state index >= 15 is 0 Å². The first-order chi connectivity index (χ1) is 14.5. The van der Waals surface area contributed by atoms with Gasteiger partial charge in [0.15, 0.2) is 6.61 Å². The molecule has 0 aliphatic carbocycles. The van der Waals surface area contributed by atoms with E-state index < -0.39 is 6.04 Å². The van der Waals surface area contributed by atoms with Crippen LogP contribution in [0.1, 0.15) is 49.8 Å². The Labute approximate surface area is 180 Å². The van der Waals surface area contributed by atoms with Gasteiger partial charge in [0, 0.05) is 13.1 Å². The van der Waals surface area contributed by atoms with Crippen LogP contribution in [0.15, 0.2) is 48.5 Å². The van der Waals surface area contributed by atoms with E-state index in [4.69, 9.17) is 4.74 Å². The molecule has 162 valence electrons. The van der Waals surface area contributed by atoms with Crippen molar-refractivity contribution in [1.82, 2.24) is 10.2 Å². The molecular formula is C25H34N2O3. The van der Waals surface area contributed by atoms with E-state index in [0.29, 0.717) is 25.3 Å². The Kier molecular flexibility index (Phi) is 9.39. The molecule has 0 aliphatic rings. The van der Waals surface area contributed by atoms with Crippen LogP contribution < -0.4 is 10.1 Å². The number of nitrogens with zero attached hydrogens (tertiary/aromatic N) is 1. The molecule has 2 aromatic carbocycles. The zero-order valence-electron chi connectivity index (χ0n) is 18.6. The van der Waals surface area contributed by atoms with Gasteiger partial charge in [-0.25, -0.2) is 0 Å². The van der Waals surface area contributed by atoms with Gasteiger partial charge in [0.2, 0.25) is 5.91 Å². The zero-order chi connectivity index (χ0) is 21.9. The van der Waals surface area contributed by atoms with E-state index in [1.807, 2.05) is 69.3 Å². The normalized spacial score (nSPS) is 11.6. The minimum atomic E-state index is -0.532. The number of carbonyl (C=O) groups excluding carboxylic acids is 2. The number of nitrogens with one attached hydrogen (secondary N) is 1. The second-order valence-electron chi connectivity index (χ2n) is 7.62. The number of ether oxygens (including phenoxy) is 1. The van der Waals surface area contributed by atoms with Crippen molar-refractivity contribution >= 4 is 11.8 Å². The quantitative estimate of drug-likeness (QED) is 0.559. The molecule has 0 saturated carbocycles. The first kappa shape index (κ1) is 23.5. The van der Waals surface area contributed by atoms with Crippen LogP contribution >= 0.6 is 0 Å². The summed E-state index contributed by atoms with van der Waals surface area (Å²) in [5.41, 5.74) is 3.25. The molecule has 0 spiro atoms. The summed E-state index contributed by atoms with van der Waals surface area (Å²) in [6.07, 6.45) is 2.47. The van der Waals surface area contributed by atoms with Crippen LogP contribution in [-0.2, 0) is 16.1 Å². The standard InChI is InChI=1S/C25H34N2O3/c1-5-7-16-26-25(29)23(6-2)27(17-21-11-9-8-10-20(21)4)24(28)18-30-22-14-12-19(3)13-15-22/h8-15,23H,5-7,16-18H2,1-4H3,(H,26,29)/t23-/m1/s1. The molecule has 30 heavy (non-hydrogen) atoms. The highest BCUT2D eigenvalue weighted by Gasteiger charge is 2.29. The summed E-state index contributed by atoms with van der Waals surface area (Å²) in [7, 11) is 0. The minimum absolute atomic E-state index is 0.103. The molecule has 0 saturated heterocycles. The lowest BCUT2D eigenvalue weighted by Crippen LogP contribution is -2.50. The fourth-order valence-electron chi connectivity index (χ4n) is 3.26. The molecule has 0 radical (unpaired) electrons. The molecule has 2 aromatic rings. The molecular weight excluding hydrogens is 376 g/mol. The number of hydrogen-bond acceptors (Lipinski definition) is 3. The van der Waals surface area contributed by atoms with Crippen molar-refractivity contribution in [2.75, 3.05) is 13.2 Å². The third-order valence-electron chi connectivity index (χ3n) is 5.20. The minimum Gasteiger partial charge on any atom is -0.484 e. The molecule has 5 heteroatoms. The molecule has 0 fully saturated rings. The molecule has 1 N–H and O–H groups in total. The summed E-state index contributed by atoms with van der Waals surface area (Å²) in [6, 6.07) is 15.0. The maximum Gasteiger partial charge on any atom is 0.261 e. The topological polar surface area (TPSA) is 58.6 Å². The molecule has 2 rings (SSSR count). The van der Waals surface area contributed by atoms with Crippen molar-refractivity contribution in [2.24, 2.45) is 0 Å². The van der Waals surface area contributed by atoms with E-state index in [1.54, 1.807) is 4.90 Å². The predicted molar refractivity (Wildman–Crippen MR) is 120 cm³/mol. The summed E-state index contributed by atoms with van der Waals surface area (Å²) < 4.78 is 5.72. The van der Waals surface area contributed by atoms with Crippen LogP contribution in [0.3, 0.4) is 0 Å². The monoisotopic (exact) mass is 410 g/mol. The summed E-state index contributed by atoms with van der Waals surface area (Å²) in [4.78, 5) is 27.6. The van der Waals surface area contributed by atoms with E-state index in [-0.39, 0.29) is 18.4 Å². The summed E-state index contributed by atoms with van der Waals surface area (Å²) >= 11 is 0. The van der Waals surface area contributed by atoms with E-state index in [0.717, 1.165) is 29.5 Å². The van der Waals surface area contributed by atoms with Crippen molar-refractivity contribution < 1.29 is 14.3 Å². The Morgan fingerprint density at radius 1 is 1.03 bits per heavy atom. The van der Waals surface area contributed by atoms with Gasteiger partial charge in [-0.15, -0.1) is 0 Å². The fourth-order valence-corrected chi connectivity index (χ4v) is 3.26. The van der Waals surface area contributed by atoms with Gasteiger partial charge in [0.05, 0.1) is 0 Å². The molecule has 0 bridgehead atoms. The lowest BCUT2D eigenvalue weighted by atomic mass is 10.1. The number of unbranched alkanes of at least 4 members (excludes halogenated alkanes) is 1. The number of hydrogen-bond donors (Lipinski definition) is 1. The number of rotatable bonds is 11. The van der Waals surface area contributed by atoms with Crippen molar-refractivity contribution in [2.45, 2.75) is 59.5 Å². The van der Waals surface area contributed by atoms with Crippen LogP contribution in [0.25, 0.3) is 0 Å². The maximum atomic E-state index is 13.2. The Balaban J connectivity index is 2.17. The van der Waals surface area contributed by atoms with Crippen LogP contribution in [0.5, 0.6) is 5.75 Å². The molecule has 0 heterocycles. The zero-order valence-corrected chi connectivity index (χ0v) is 18.6. The van der Waals surface area contributed by atoms with Gasteiger partial charge < -0.3 is 15.0 Å². The van der Waals surface area contributed by atoms with E-state index in [2.05, 4.69) is 12.2 Å². The van der Waals surface area contributed by atoms with Gasteiger partial charge in [0.25, 0.3) is 5.91 Å². The van der Waals surface area contributed by atoms with Gasteiger partial charge in [-0.2, -0.15) is 0 Å². The number of carbonyl (C=O) groups is 2. The SMILES string of the molecule is CCCCNC(=O)[C@@H](CC)N(Cc1ccccc1C)C(=O)COc1ccc(C)cc1. The molecule has 5 nitrogen and oxygen atoms in total. The second kappa shape index (κ2) is 12.0. The van der Waals surface area contributed by atoms with Crippen LogP contribution in [0, 0.1) is 13.8 Å². The molecule has 0 aromatic heterocycles. The third kappa shape index (κ3) is 6.90. The van der Waals surface area contributed by atoms with E-state index in [1.165, 1.54) is 0 Å². The van der Waals surface area contributed by atoms with E-state index in [9.17, 15) is 9.59 Å². The highest BCUT2D eigenvalue weighted by atomic mass is 16.5. The lowest BCUT2D eigenvalue weighted by Gasteiger charge is -2.31. The number of aryl methyl sites for hydroxylation is 2. The number of amides is 2. The van der Waals surface area contributed by atoms with Crippen LogP contribution in [-0.4, -0.2) is 35.9 Å². The van der Waals surface area contributed by atoms with Crippen molar-refractivity contribution in [3.8, 4) is 5.75 Å². The Bertz CT molecular complexity index is 817. The van der Waals surface area contributed by atoms with Gasteiger partial charge in [-0.1, -0.05) is 62.2 Å². The molecule has 0 aliphatic heterocycles. The van der Waals surface area contributed by atoms with Crippen molar-refractivity contribution in [3.05, 3.63) is 65.2 Å². The van der Waals surface area contributed by atoms with Gasteiger partial charge >= 0.3 is 0 Å². The highest BCUT2D eigenvalue weighted by molar-refractivity contribution is 5.88. The molecule has 0 unspecified atom stereocenters. The average Bonchev–Trinajstić information content (AvgIpc) is 2.74. The Hall–Kier alpha value is -2.82. The molecule has 1 atom stereocenters. The maximum absolute atomic E-state index is 13.2. The number of benzene rings is 2. The third-order valence-corrected chi connectivity index (χ3v) is 5.20. The molecule has 2 amide bonds. The van der Waals surface area contributed by atoms with Crippen molar-refractivity contribution in [1.29, 1.82) is 0 Å². The van der Waals surface area contributed by atoms with Crippen molar-refractivity contribution in [3.63, 3.8) is 0 Å². The lowest BCUT2D eigenvalue weighted by molar-refractivity contribution is -0.143. The van der Waals surface area contributed by atoms with Crippen LogP contribution in [0.2, 0.25) is 0 Å². The van der Waals surface area contributed by atoms with Gasteiger partial charge in [0.1, 0.15) is 11.8 Å². The van der Waals surface area contributed by atoms with Gasteiger partial charge in [-0.05, 0) is 49.9 Å². The largest absolute Gasteiger partial charge is 0.484 e. The first-order valence-corrected chi connectivity index (χ1v) is 10.8. The summed E-state index contributed by atoms with van der Waals surface area (Å²) in [6.45, 7) is 8.93.